The van der Waals surface area contributed by atoms with Gasteiger partial charge in [0, 0.05) is 37.9 Å². The first kappa shape index (κ1) is 17.4. The van der Waals surface area contributed by atoms with Crippen LogP contribution < -0.4 is 11.2 Å². The maximum atomic E-state index is 12.7. The van der Waals surface area contributed by atoms with Crippen LogP contribution in [0.25, 0.3) is 0 Å². The number of aromatic amines is 2. The van der Waals surface area contributed by atoms with Gasteiger partial charge in [0.2, 0.25) is 11.8 Å². The molecule has 25 heavy (non-hydrogen) atoms. The van der Waals surface area contributed by atoms with Gasteiger partial charge in [0.1, 0.15) is 0 Å². The number of hydrogen-bond donors (Lipinski definition) is 3. The average Bonchev–Trinajstić information content (AvgIpc) is 3.00. The van der Waals surface area contributed by atoms with Crippen LogP contribution in [0.2, 0.25) is 0 Å². The van der Waals surface area contributed by atoms with Gasteiger partial charge in [-0.05, 0) is 19.3 Å². The Morgan fingerprint density at radius 3 is 2.76 bits per heavy atom. The van der Waals surface area contributed by atoms with Crippen molar-refractivity contribution in [1.82, 2.24) is 19.8 Å². The second-order valence-electron chi connectivity index (χ2n) is 6.74. The summed E-state index contributed by atoms with van der Waals surface area (Å²) in [5, 5.41) is 9.10. The molecule has 3 rings (SSSR count). The second-order valence-corrected chi connectivity index (χ2v) is 6.74. The molecule has 1 aromatic heterocycles. The Labute approximate surface area is 143 Å². The van der Waals surface area contributed by atoms with Crippen LogP contribution in [0.15, 0.2) is 15.8 Å². The molecule has 3 heterocycles. The normalized spacial score (nSPS) is 23.5. The SMILES string of the molecule is O=C(Cc1c[nH]c(=O)[nH]c1=O)N1CC[C@]2(CCCN(CCO)C2=O)C1. The van der Waals surface area contributed by atoms with E-state index in [9.17, 15) is 19.2 Å². The zero-order chi connectivity index (χ0) is 18.0. The maximum Gasteiger partial charge on any atom is 0.325 e. The van der Waals surface area contributed by atoms with Crippen LogP contribution in [0.5, 0.6) is 0 Å². The molecular formula is C16H22N4O5. The molecule has 2 aliphatic rings. The lowest BCUT2D eigenvalue weighted by Crippen LogP contribution is -2.51. The van der Waals surface area contributed by atoms with E-state index in [2.05, 4.69) is 9.97 Å². The maximum absolute atomic E-state index is 12.7. The van der Waals surface area contributed by atoms with Crippen LogP contribution in [-0.2, 0) is 16.0 Å². The number of hydrogen-bond acceptors (Lipinski definition) is 5. The minimum Gasteiger partial charge on any atom is -0.395 e. The molecule has 3 N–H and O–H groups in total. The summed E-state index contributed by atoms with van der Waals surface area (Å²) in [5.74, 6) is -0.230. The van der Waals surface area contributed by atoms with E-state index in [0.717, 1.165) is 12.8 Å². The van der Waals surface area contributed by atoms with Crippen molar-refractivity contribution in [2.75, 3.05) is 32.8 Å². The fourth-order valence-corrected chi connectivity index (χ4v) is 3.79. The van der Waals surface area contributed by atoms with Crippen molar-refractivity contribution in [3.05, 3.63) is 32.6 Å². The summed E-state index contributed by atoms with van der Waals surface area (Å²) in [6.07, 6.45) is 3.32. The highest BCUT2D eigenvalue weighted by atomic mass is 16.3. The second kappa shape index (κ2) is 6.83. The Kier molecular flexibility index (Phi) is 4.76. The van der Waals surface area contributed by atoms with Gasteiger partial charge in [0.15, 0.2) is 0 Å². The molecule has 2 aliphatic heterocycles. The molecule has 0 bridgehead atoms. The molecule has 1 aromatic rings. The first-order chi connectivity index (χ1) is 11.9. The van der Waals surface area contributed by atoms with Gasteiger partial charge in [-0.2, -0.15) is 0 Å². The molecule has 1 spiro atoms. The van der Waals surface area contributed by atoms with Crippen molar-refractivity contribution in [3.63, 3.8) is 0 Å². The molecule has 2 amide bonds. The highest BCUT2D eigenvalue weighted by Crippen LogP contribution is 2.40. The molecule has 0 radical (unpaired) electrons. The van der Waals surface area contributed by atoms with Gasteiger partial charge in [0.05, 0.1) is 18.4 Å². The molecule has 1 atom stereocenters. The fourth-order valence-electron chi connectivity index (χ4n) is 3.79. The third kappa shape index (κ3) is 3.37. The monoisotopic (exact) mass is 350 g/mol. The van der Waals surface area contributed by atoms with E-state index in [4.69, 9.17) is 5.11 Å². The third-order valence-corrected chi connectivity index (χ3v) is 5.14. The van der Waals surface area contributed by atoms with Crippen molar-refractivity contribution >= 4 is 11.8 Å². The fraction of sp³-hybridized carbons (Fsp3) is 0.625. The predicted molar refractivity (Wildman–Crippen MR) is 87.9 cm³/mol. The summed E-state index contributed by atoms with van der Waals surface area (Å²) in [6, 6.07) is 0. The summed E-state index contributed by atoms with van der Waals surface area (Å²) >= 11 is 0. The number of piperidine rings is 1. The van der Waals surface area contributed by atoms with E-state index >= 15 is 0 Å². The highest BCUT2D eigenvalue weighted by Gasteiger charge is 2.49. The number of rotatable bonds is 4. The Balaban J connectivity index is 1.69. The van der Waals surface area contributed by atoms with Gasteiger partial charge < -0.3 is 19.9 Å². The number of H-pyrrole nitrogens is 2. The van der Waals surface area contributed by atoms with Crippen molar-refractivity contribution in [1.29, 1.82) is 0 Å². The number of amides is 2. The van der Waals surface area contributed by atoms with E-state index < -0.39 is 16.7 Å². The Hall–Kier alpha value is -2.42. The van der Waals surface area contributed by atoms with Gasteiger partial charge >= 0.3 is 5.69 Å². The molecule has 0 saturated carbocycles. The van der Waals surface area contributed by atoms with Crippen molar-refractivity contribution in [2.45, 2.75) is 25.7 Å². The lowest BCUT2D eigenvalue weighted by Gasteiger charge is -2.39. The third-order valence-electron chi connectivity index (χ3n) is 5.14. The lowest BCUT2D eigenvalue weighted by molar-refractivity contribution is -0.146. The zero-order valence-electron chi connectivity index (χ0n) is 13.9. The minimum atomic E-state index is -0.613. The quantitative estimate of drug-likeness (QED) is 0.605. The predicted octanol–water partition coefficient (Wildman–Crippen LogP) is -1.56. The van der Waals surface area contributed by atoms with E-state index in [1.165, 1.54) is 6.20 Å². The Morgan fingerprint density at radius 1 is 1.24 bits per heavy atom. The summed E-state index contributed by atoms with van der Waals surface area (Å²) in [5.41, 5.74) is -1.56. The standard InChI is InChI=1S/C16H22N4O5/c21-7-6-19-4-1-2-16(14(19)24)3-5-20(10-16)12(22)8-11-9-17-15(25)18-13(11)23/h9,21H,1-8,10H2,(H2,17,18,23,25)/t16-/m1/s1. The van der Waals surface area contributed by atoms with Gasteiger partial charge in [-0.25, -0.2) is 4.79 Å². The Bertz CT molecular complexity index is 783. The average molecular weight is 350 g/mol. The highest BCUT2D eigenvalue weighted by molar-refractivity contribution is 5.86. The van der Waals surface area contributed by atoms with Crippen LogP contribution in [0, 0.1) is 5.41 Å². The van der Waals surface area contributed by atoms with Gasteiger partial charge in [-0.1, -0.05) is 0 Å². The first-order valence-corrected chi connectivity index (χ1v) is 8.44. The lowest BCUT2D eigenvalue weighted by atomic mass is 9.78. The molecule has 2 saturated heterocycles. The van der Waals surface area contributed by atoms with Crippen LogP contribution in [0.3, 0.4) is 0 Å². The minimum absolute atomic E-state index is 0.00462. The number of nitrogens with one attached hydrogen (secondary N) is 2. The summed E-state index contributed by atoms with van der Waals surface area (Å²) in [6.45, 7) is 1.70. The van der Waals surface area contributed by atoms with Gasteiger partial charge in [-0.3, -0.25) is 19.4 Å². The number of carbonyl (C=O) groups is 2. The van der Waals surface area contributed by atoms with E-state index in [1.54, 1.807) is 9.80 Å². The van der Waals surface area contributed by atoms with Crippen molar-refractivity contribution < 1.29 is 14.7 Å². The Morgan fingerprint density at radius 2 is 2.04 bits per heavy atom. The first-order valence-electron chi connectivity index (χ1n) is 8.44. The van der Waals surface area contributed by atoms with Crippen LogP contribution in [0.1, 0.15) is 24.8 Å². The van der Waals surface area contributed by atoms with Crippen LogP contribution in [-0.4, -0.2) is 69.5 Å². The van der Waals surface area contributed by atoms with E-state index in [-0.39, 0.29) is 30.4 Å². The summed E-state index contributed by atoms with van der Waals surface area (Å²) in [4.78, 5) is 55.7. The van der Waals surface area contributed by atoms with E-state index in [1.807, 2.05) is 0 Å². The molecule has 9 nitrogen and oxygen atoms in total. The smallest absolute Gasteiger partial charge is 0.325 e. The van der Waals surface area contributed by atoms with Crippen molar-refractivity contribution in [2.24, 2.45) is 5.41 Å². The molecule has 0 unspecified atom stereocenters. The topological polar surface area (TPSA) is 127 Å². The molecule has 2 fully saturated rings. The number of likely N-dealkylation sites (tertiary alicyclic amines) is 2. The van der Waals surface area contributed by atoms with Gasteiger partial charge in [0.25, 0.3) is 5.56 Å². The largest absolute Gasteiger partial charge is 0.395 e. The van der Waals surface area contributed by atoms with Gasteiger partial charge in [-0.15, -0.1) is 0 Å². The number of nitrogens with zero attached hydrogens (tertiary/aromatic N) is 2. The molecular weight excluding hydrogens is 328 g/mol. The number of aliphatic hydroxyl groups excluding tert-OH is 1. The molecule has 9 heteroatoms. The van der Waals surface area contributed by atoms with Crippen molar-refractivity contribution in [3.8, 4) is 0 Å². The molecule has 0 aliphatic carbocycles. The zero-order valence-corrected chi connectivity index (χ0v) is 13.9. The number of aromatic nitrogens is 2. The number of carbonyl (C=O) groups excluding carboxylic acids is 2. The molecule has 0 aromatic carbocycles. The van der Waals surface area contributed by atoms with E-state index in [0.29, 0.717) is 32.6 Å². The number of aliphatic hydroxyl groups is 1. The summed E-state index contributed by atoms with van der Waals surface area (Å²) < 4.78 is 0. The van der Waals surface area contributed by atoms with Crippen LogP contribution in [0.4, 0.5) is 0 Å². The number of β-amino-alcohol motifs (C(OH)–C–C–N with tert-alkyl or cyclic N) is 1. The summed E-state index contributed by atoms with van der Waals surface area (Å²) in [7, 11) is 0. The van der Waals surface area contributed by atoms with Crippen LogP contribution >= 0.6 is 0 Å². The molecule has 136 valence electrons.